The lowest BCUT2D eigenvalue weighted by molar-refractivity contribution is 0.296. The van der Waals surface area contributed by atoms with Gasteiger partial charge in [0.05, 0.1) is 0 Å². The minimum Gasteiger partial charge on any atom is -0.313 e. The molecule has 0 saturated carbocycles. The minimum absolute atomic E-state index is 0.670. The Morgan fingerprint density at radius 1 is 1.71 bits per heavy atom. The summed E-state index contributed by atoms with van der Waals surface area (Å²) in [5.41, 5.74) is 0. The van der Waals surface area contributed by atoms with Crippen LogP contribution in [0.25, 0.3) is 0 Å². The molecule has 0 unspecified atom stereocenters. The maximum atomic E-state index is 4.12. The Bertz CT molecular complexity index is 60.7. The summed E-state index contributed by atoms with van der Waals surface area (Å²) in [6.07, 6.45) is 0. The zero-order valence-electron chi connectivity index (χ0n) is 4.39. The zero-order valence-corrected chi connectivity index (χ0v) is 5.28. The Labute approximate surface area is 49.4 Å². The lowest BCUT2D eigenvalue weighted by Crippen LogP contribution is -2.52. The summed E-state index contributed by atoms with van der Waals surface area (Å²) in [7, 11) is 1.98. The molecule has 0 spiro atoms. The minimum atomic E-state index is 0.670. The molecule has 0 amide bonds. The maximum Gasteiger partial charge on any atom is 0.0446 e. The van der Waals surface area contributed by atoms with E-state index >= 15 is 0 Å². The van der Waals surface area contributed by atoms with Gasteiger partial charge >= 0.3 is 0 Å². The Hall–Kier alpha value is 0.270. The first kappa shape index (κ1) is 5.41. The van der Waals surface area contributed by atoms with Crippen molar-refractivity contribution in [1.82, 2.24) is 9.62 Å². The van der Waals surface area contributed by atoms with Gasteiger partial charge in [-0.15, -0.1) is 0 Å². The van der Waals surface area contributed by atoms with E-state index in [2.05, 4.69) is 18.1 Å². The summed E-state index contributed by atoms with van der Waals surface area (Å²) < 4.78 is 1.94. The number of hydrogen-bond acceptors (Lipinski definition) is 3. The number of nitrogens with zero attached hydrogens (tertiary/aromatic N) is 1. The van der Waals surface area contributed by atoms with E-state index in [1.807, 2.05) is 11.4 Å². The van der Waals surface area contributed by atoms with Gasteiger partial charge in [-0.25, -0.2) is 0 Å². The molecule has 1 heterocycles. The highest BCUT2D eigenvalue weighted by Crippen LogP contribution is 2.02. The second-order valence-electron chi connectivity index (χ2n) is 1.89. The van der Waals surface area contributed by atoms with E-state index in [9.17, 15) is 0 Å². The molecule has 0 aromatic heterocycles. The Kier molecular flexibility index (Phi) is 1.57. The molecule has 0 radical (unpaired) electrons. The number of rotatable bonds is 1. The lowest BCUT2D eigenvalue weighted by Gasteiger charge is -2.31. The molecule has 1 saturated heterocycles. The van der Waals surface area contributed by atoms with Crippen molar-refractivity contribution in [2.24, 2.45) is 0 Å². The molecule has 1 fully saturated rings. The highest BCUT2D eigenvalue weighted by molar-refractivity contribution is 7.77. The van der Waals surface area contributed by atoms with Gasteiger partial charge in [-0.05, 0) is 7.05 Å². The lowest BCUT2D eigenvalue weighted by atomic mass is 10.2. The Morgan fingerprint density at radius 3 is 2.29 bits per heavy atom. The predicted octanol–water partition coefficient (Wildman–Crippen LogP) is -0.265. The third-order valence-corrected chi connectivity index (χ3v) is 1.61. The van der Waals surface area contributed by atoms with Gasteiger partial charge in [-0.1, -0.05) is 12.8 Å². The number of thiol groups is 1. The maximum absolute atomic E-state index is 4.12. The van der Waals surface area contributed by atoms with Crippen molar-refractivity contribution >= 4 is 12.8 Å². The number of hydrogen-bond donors (Lipinski definition) is 2. The van der Waals surface area contributed by atoms with E-state index in [1.54, 1.807) is 0 Å². The van der Waals surface area contributed by atoms with Gasteiger partial charge in [0.25, 0.3) is 0 Å². The van der Waals surface area contributed by atoms with Crippen LogP contribution >= 0.6 is 12.8 Å². The summed E-state index contributed by atoms with van der Waals surface area (Å²) in [5.74, 6) is 0. The molecule has 0 bridgehead atoms. The number of likely N-dealkylation sites (N-methyl/N-ethyl adjacent to an activating group) is 1. The second kappa shape index (κ2) is 2.03. The van der Waals surface area contributed by atoms with Crippen molar-refractivity contribution in [2.45, 2.75) is 6.04 Å². The van der Waals surface area contributed by atoms with Crippen LogP contribution in [0.5, 0.6) is 0 Å². The predicted molar refractivity (Wildman–Crippen MR) is 33.4 cm³/mol. The van der Waals surface area contributed by atoms with Gasteiger partial charge in [0.15, 0.2) is 0 Å². The van der Waals surface area contributed by atoms with Crippen LogP contribution in [0.1, 0.15) is 0 Å². The molecule has 2 nitrogen and oxygen atoms in total. The highest BCUT2D eigenvalue weighted by Gasteiger charge is 2.18. The van der Waals surface area contributed by atoms with Gasteiger partial charge in [-0.3, -0.25) is 4.31 Å². The second-order valence-corrected chi connectivity index (χ2v) is 2.52. The average molecular weight is 118 g/mol. The average Bonchev–Trinajstić information content (AvgIpc) is 1.23. The van der Waals surface area contributed by atoms with E-state index in [1.165, 1.54) is 0 Å². The molecule has 7 heavy (non-hydrogen) atoms. The van der Waals surface area contributed by atoms with Crippen LogP contribution in [0.4, 0.5) is 0 Å². The van der Waals surface area contributed by atoms with E-state index in [0.717, 1.165) is 13.1 Å². The van der Waals surface area contributed by atoms with Crippen LogP contribution in [0.15, 0.2) is 0 Å². The fraction of sp³-hybridized carbons (Fsp3) is 1.00. The Morgan fingerprint density at radius 2 is 2.29 bits per heavy atom. The van der Waals surface area contributed by atoms with Crippen molar-refractivity contribution in [3.8, 4) is 0 Å². The quantitative estimate of drug-likeness (QED) is 0.461. The number of nitrogens with one attached hydrogen (secondary N) is 1. The SMILES string of the molecule is CN(S)C1CNC1. The van der Waals surface area contributed by atoms with Crippen LogP contribution < -0.4 is 5.32 Å². The fourth-order valence-corrected chi connectivity index (χ4v) is 0.701. The molecule has 0 aromatic carbocycles. The molecular formula is C4H10N2S. The molecule has 0 atom stereocenters. The normalized spacial score (nSPS) is 22.7. The van der Waals surface area contributed by atoms with E-state index in [4.69, 9.17) is 0 Å². The van der Waals surface area contributed by atoms with Crippen molar-refractivity contribution in [2.75, 3.05) is 20.1 Å². The largest absolute Gasteiger partial charge is 0.313 e. The van der Waals surface area contributed by atoms with Gasteiger partial charge in [-0.2, -0.15) is 0 Å². The molecule has 42 valence electrons. The molecule has 1 rings (SSSR count). The first-order valence-electron chi connectivity index (χ1n) is 2.43. The summed E-state index contributed by atoms with van der Waals surface area (Å²) in [6.45, 7) is 2.19. The summed E-state index contributed by atoms with van der Waals surface area (Å²) in [4.78, 5) is 0. The van der Waals surface area contributed by atoms with Crippen molar-refractivity contribution in [3.63, 3.8) is 0 Å². The molecule has 0 aliphatic carbocycles. The molecule has 1 aliphatic rings. The monoisotopic (exact) mass is 118 g/mol. The standard InChI is InChI=1S/C4H10N2S/c1-6(7)4-2-5-3-4/h4-5,7H,2-3H2,1H3. The third kappa shape index (κ3) is 1.08. The first-order valence-corrected chi connectivity index (χ1v) is 2.83. The highest BCUT2D eigenvalue weighted by atomic mass is 32.1. The molecule has 3 heteroatoms. The van der Waals surface area contributed by atoms with Crippen LogP contribution in [-0.4, -0.2) is 30.5 Å². The van der Waals surface area contributed by atoms with Crippen molar-refractivity contribution in [1.29, 1.82) is 0 Å². The third-order valence-electron chi connectivity index (χ3n) is 1.29. The van der Waals surface area contributed by atoms with Gasteiger partial charge in [0.2, 0.25) is 0 Å². The molecule has 1 aliphatic heterocycles. The van der Waals surface area contributed by atoms with Crippen LogP contribution in [0, 0.1) is 0 Å². The smallest absolute Gasteiger partial charge is 0.0446 e. The van der Waals surface area contributed by atoms with Crippen LogP contribution in [0.2, 0.25) is 0 Å². The molecular weight excluding hydrogens is 108 g/mol. The summed E-state index contributed by atoms with van der Waals surface area (Å²) in [6, 6.07) is 0.670. The van der Waals surface area contributed by atoms with Gasteiger partial charge in [0.1, 0.15) is 0 Å². The summed E-state index contributed by atoms with van der Waals surface area (Å²) in [5, 5.41) is 3.15. The van der Waals surface area contributed by atoms with E-state index in [-0.39, 0.29) is 0 Å². The van der Waals surface area contributed by atoms with Gasteiger partial charge < -0.3 is 5.32 Å². The van der Waals surface area contributed by atoms with Gasteiger partial charge in [0, 0.05) is 19.1 Å². The Balaban J connectivity index is 2.14. The molecule has 1 N–H and O–H groups in total. The van der Waals surface area contributed by atoms with Crippen LogP contribution in [0.3, 0.4) is 0 Å². The first-order chi connectivity index (χ1) is 3.30. The summed E-state index contributed by atoms with van der Waals surface area (Å²) >= 11 is 4.12. The van der Waals surface area contributed by atoms with Crippen LogP contribution in [-0.2, 0) is 0 Å². The van der Waals surface area contributed by atoms with Crippen molar-refractivity contribution < 1.29 is 0 Å². The van der Waals surface area contributed by atoms with Crippen molar-refractivity contribution in [3.05, 3.63) is 0 Å². The zero-order chi connectivity index (χ0) is 5.28. The van der Waals surface area contributed by atoms with E-state index in [0.29, 0.717) is 6.04 Å². The molecule has 0 aromatic rings. The fourth-order valence-electron chi connectivity index (χ4n) is 0.538. The topological polar surface area (TPSA) is 15.3 Å². The van der Waals surface area contributed by atoms with E-state index < -0.39 is 0 Å².